The molecule has 5 atom stereocenters. The summed E-state index contributed by atoms with van der Waals surface area (Å²) < 4.78 is 13.9. The average molecular weight is 302 g/mol. The number of aliphatic hydroxyl groups is 6. The fourth-order valence-corrected chi connectivity index (χ4v) is 1.32. The van der Waals surface area contributed by atoms with E-state index in [1.54, 1.807) is 0 Å². The van der Waals surface area contributed by atoms with Gasteiger partial charge in [-0.05, 0) is 0 Å². The Kier molecular flexibility index (Phi) is 10.5. The van der Waals surface area contributed by atoms with Gasteiger partial charge in [0.15, 0.2) is 6.29 Å². The summed E-state index contributed by atoms with van der Waals surface area (Å²) in [6.45, 7) is -0.930. The van der Waals surface area contributed by atoms with Gasteiger partial charge >= 0.3 is 37.4 Å². The van der Waals surface area contributed by atoms with Crippen LogP contribution in [0.25, 0.3) is 0 Å². The van der Waals surface area contributed by atoms with Gasteiger partial charge in [-0.2, -0.15) is 0 Å². The van der Waals surface area contributed by atoms with E-state index in [0.717, 1.165) is 0 Å². The van der Waals surface area contributed by atoms with Crippen LogP contribution in [0.3, 0.4) is 0 Å². The van der Waals surface area contributed by atoms with Gasteiger partial charge in [-0.3, -0.25) is 4.52 Å². The van der Waals surface area contributed by atoms with Crippen LogP contribution in [0, 0.1) is 0 Å². The van der Waals surface area contributed by atoms with E-state index < -0.39 is 45.1 Å². The molecule has 0 spiro atoms. The van der Waals surface area contributed by atoms with Crippen LogP contribution in [0.15, 0.2) is 0 Å². The van der Waals surface area contributed by atoms with E-state index in [4.69, 9.17) is 35.3 Å². The van der Waals surface area contributed by atoms with Gasteiger partial charge in [0.1, 0.15) is 24.4 Å². The van der Waals surface area contributed by atoms with Crippen molar-refractivity contribution in [2.45, 2.75) is 30.7 Å². The Morgan fingerprint density at radius 1 is 0.944 bits per heavy atom. The second-order valence-electron chi connectivity index (χ2n) is 3.21. The number of phosphoric acid groups is 1. The first kappa shape index (κ1) is 21.2. The third-order valence-electron chi connectivity index (χ3n) is 1.82. The molecule has 0 aliphatic rings. The fraction of sp³-hybridized carbons (Fsp3) is 1.00. The van der Waals surface area contributed by atoms with Crippen molar-refractivity contribution < 1.29 is 49.5 Å². The number of hydrogen-bond acceptors (Lipinski definition) is 8. The van der Waals surface area contributed by atoms with Crippen molar-refractivity contribution in [2.75, 3.05) is 6.61 Å². The Morgan fingerprint density at radius 3 is 1.72 bits per heavy atom. The summed E-state index contributed by atoms with van der Waals surface area (Å²) in [4.78, 5) is 16.6. The minimum atomic E-state index is -5.09. The second-order valence-corrected chi connectivity index (χ2v) is 4.40. The van der Waals surface area contributed by atoms with E-state index in [9.17, 15) is 9.67 Å². The van der Waals surface area contributed by atoms with Crippen molar-refractivity contribution in [3.05, 3.63) is 0 Å². The molecule has 1 unspecified atom stereocenters. The monoisotopic (exact) mass is 302 g/mol. The van der Waals surface area contributed by atoms with E-state index in [0.29, 0.717) is 0 Å². The molecule has 0 saturated heterocycles. The van der Waals surface area contributed by atoms with Gasteiger partial charge < -0.3 is 40.4 Å². The Morgan fingerprint density at radius 2 is 1.39 bits per heavy atom. The molecular weight excluding hydrogens is 286 g/mol. The molecule has 0 fully saturated rings. The number of phosphoric ester groups is 1. The van der Waals surface area contributed by atoms with Crippen molar-refractivity contribution >= 4 is 37.4 Å². The molecule has 0 bridgehead atoms. The minimum absolute atomic E-state index is 0. The van der Waals surface area contributed by atoms with E-state index in [1.807, 2.05) is 0 Å². The maximum absolute atomic E-state index is 10.3. The summed E-state index contributed by atoms with van der Waals surface area (Å²) in [5, 5.41) is 53.8. The summed E-state index contributed by atoms with van der Waals surface area (Å²) in [5.41, 5.74) is 0. The standard InChI is InChI=1S/C6H15O10P.Na.H/c7-1-2(8)3(9)4(10)5(11)6(12)16-17(13,14)15;;/h2-12H,1H2,(H2,13,14,15);;/t2-,3-,4+,5-,6?;;/m1../s1. The molecule has 8 N–H and O–H groups in total. The van der Waals surface area contributed by atoms with E-state index >= 15 is 0 Å². The topological polar surface area (TPSA) is 188 Å². The van der Waals surface area contributed by atoms with Crippen LogP contribution in [0.1, 0.15) is 0 Å². The van der Waals surface area contributed by atoms with Crippen LogP contribution in [-0.2, 0) is 9.09 Å². The van der Waals surface area contributed by atoms with Crippen molar-refractivity contribution in [1.29, 1.82) is 0 Å². The Bertz CT molecular complexity index is 271. The van der Waals surface area contributed by atoms with Crippen molar-refractivity contribution in [3.63, 3.8) is 0 Å². The molecule has 0 amide bonds. The molecule has 18 heavy (non-hydrogen) atoms. The molecule has 10 nitrogen and oxygen atoms in total. The van der Waals surface area contributed by atoms with Gasteiger partial charge in [0.25, 0.3) is 0 Å². The molecule has 0 heterocycles. The third-order valence-corrected chi connectivity index (χ3v) is 2.31. The quantitative estimate of drug-likeness (QED) is 0.129. The average Bonchev–Trinajstić information content (AvgIpc) is 2.22. The molecule has 12 heteroatoms. The zero-order valence-corrected chi connectivity index (χ0v) is 9.33. The second kappa shape index (κ2) is 8.93. The predicted octanol–water partition coefficient (Wildman–Crippen LogP) is -4.80. The SMILES string of the molecule is O=P(O)(O)OC(O)[C@H](O)[C@@H](O)[C@H](O)[C@H](O)CO.[NaH]. The molecule has 0 aliphatic heterocycles. The third kappa shape index (κ3) is 7.46. The fourth-order valence-electron chi connectivity index (χ4n) is 0.909. The first-order valence-electron chi connectivity index (χ1n) is 4.35. The van der Waals surface area contributed by atoms with Gasteiger partial charge in [-0.15, -0.1) is 0 Å². The maximum atomic E-state index is 10.3. The normalized spacial score (nSPS) is 20.4. The first-order chi connectivity index (χ1) is 7.60. The number of hydrogen-bond donors (Lipinski definition) is 8. The molecule has 0 aromatic heterocycles. The van der Waals surface area contributed by atoms with Gasteiger partial charge in [0, 0.05) is 0 Å². The van der Waals surface area contributed by atoms with Gasteiger partial charge in [-0.25, -0.2) is 4.57 Å². The van der Waals surface area contributed by atoms with Gasteiger partial charge in [0.2, 0.25) is 0 Å². The van der Waals surface area contributed by atoms with E-state index in [1.165, 1.54) is 0 Å². The summed E-state index contributed by atoms with van der Waals surface area (Å²) in [7, 11) is -5.09. The Balaban J connectivity index is 0. The molecule has 0 aromatic rings. The van der Waals surface area contributed by atoms with Crippen molar-refractivity contribution in [2.24, 2.45) is 0 Å². The Labute approximate surface area is 124 Å². The van der Waals surface area contributed by atoms with Gasteiger partial charge in [0.05, 0.1) is 6.61 Å². The van der Waals surface area contributed by atoms with Crippen LogP contribution in [0.4, 0.5) is 0 Å². The van der Waals surface area contributed by atoms with E-state index in [2.05, 4.69) is 4.52 Å². The molecule has 0 aliphatic carbocycles. The van der Waals surface area contributed by atoms with Crippen LogP contribution in [0.2, 0.25) is 0 Å². The zero-order valence-electron chi connectivity index (χ0n) is 8.44. The summed E-state index contributed by atoms with van der Waals surface area (Å²) in [6.07, 6.45) is -10.8. The molecular formula is C6H16NaO10P. The molecule has 106 valence electrons. The molecule has 0 rings (SSSR count). The van der Waals surface area contributed by atoms with Gasteiger partial charge in [-0.1, -0.05) is 0 Å². The predicted molar refractivity (Wildman–Crippen MR) is 57.4 cm³/mol. The van der Waals surface area contributed by atoms with Crippen molar-refractivity contribution in [1.82, 2.24) is 0 Å². The Hall–Kier alpha value is 0.870. The first-order valence-corrected chi connectivity index (χ1v) is 5.88. The van der Waals surface area contributed by atoms with Crippen molar-refractivity contribution in [3.8, 4) is 0 Å². The number of rotatable bonds is 7. The van der Waals surface area contributed by atoms with Crippen LogP contribution >= 0.6 is 7.82 Å². The van der Waals surface area contributed by atoms with Crippen LogP contribution in [-0.4, -0.2) is 107 Å². The van der Waals surface area contributed by atoms with Crippen LogP contribution < -0.4 is 0 Å². The molecule has 0 aromatic carbocycles. The summed E-state index contributed by atoms with van der Waals surface area (Å²) >= 11 is 0. The summed E-state index contributed by atoms with van der Waals surface area (Å²) in [5.74, 6) is 0. The summed E-state index contributed by atoms with van der Waals surface area (Å²) in [6, 6.07) is 0. The zero-order chi connectivity index (χ0) is 13.8. The number of aliphatic hydroxyl groups excluding tert-OH is 6. The van der Waals surface area contributed by atoms with E-state index in [-0.39, 0.29) is 29.6 Å². The van der Waals surface area contributed by atoms with Crippen LogP contribution in [0.5, 0.6) is 0 Å². The molecule has 0 saturated carbocycles. The molecule has 0 radical (unpaired) electrons.